The molecule has 0 aliphatic heterocycles. The Morgan fingerprint density at radius 3 is 2.27 bits per heavy atom. The van der Waals surface area contributed by atoms with Crippen molar-refractivity contribution in [1.82, 2.24) is 0 Å². The Morgan fingerprint density at radius 2 is 1.80 bits per heavy atom. The van der Waals surface area contributed by atoms with Crippen LogP contribution < -0.4 is 5.73 Å². The zero-order chi connectivity index (χ0) is 11.6. The number of aryl methyl sites for hydroxylation is 1. The number of rotatable bonds is 3. The number of hydrogen-bond acceptors (Lipinski definition) is 3. The lowest BCUT2D eigenvalue weighted by atomic mass is 10.0. The van der Waals surface area contributed by atoms with Gasteiger partial charge in [-0.25, -0.2) is 8.42 Å². The van der Waals surface area contributed by atoms with Gasteiger partial charge in [-0.15, -0.1) is 0 Å². The summed E-state index contributed by atoms with van der Waals surface area (Å²) in [4.78, 5) is 0. The summed E-state index contributed by atoms with van der Waals surface area (Å²) in [5.41, 5.74) is 7.87. The third kappa shape index (κ3) is 2.79. The molecule has 0 bridgehead atoms. The van der Waals surface area contributed by atoms with Crippen molar-refractivity contribution in [2.75, 3.05) is 6.26 Å². The SMILES string of the molecule is Cc1ccccc1[C@H](N)[C@H](C)S(C)(=O)=O. The van der Waals surface area contributed by atoms with E-state index >= 15 is 0 Å². The van der Waals surface area contributed by atoms with Crippen LogP contribution in [0.15, 0.2) is 24.3 Å². The second-order valence-electron chi connectivity index (χ2n) is 3.92. The van der Waals surface area contributed by atoms with Crippen LogP contribution in [0.1, 0.15) is 24.1 Å². The minimum absolute atomic E-state index is 0.457. The van der Waals surface area contributed by atoms with Gasteiger partial charge in [0, 0.05) is 12.3 Å². The Labute approximate surface area is 91.2 Å². The van der Waals surface area contributed by atoms with E-state index in [4.69, 9.17) is 5.73 Å². The van der Waals surface area contributed by atoms with Crippen LogP contribution in [0, 0.1) is 6.92 Å². The van der Waals surface area contributed by atoms with Gasteiger partial charge in [-0.3, -0.25) is 0 Å². The van der Waals surface area contributed by atoms with Crippen molar-refractivity contribution < 1.29 is 8.42 Å². The minimum atomic E-state index is -3.09. The normalized spacial score (nSPS) is 16.0. The van der Waals surface area contributed by atoms with Gasteiger partial charge in [0.25, 0.3) is 0 Å². The first-order chi connectivity index (χ1) is 6.84. The monoisotopic (exact) mass is 227 g/mol. The topological polar surface area (TPSA) is 60.2 Å². The predicted octanol–water partition coefficient (Wildman–Crippen LogP) is 1.43. The summed E-state index contributed by atoms with van der Waals surface area (Å²) in [7, 11) is -3.09. The third-order valence-corrected chi connectivity index (χ3v) is 4.37. The van der Waals surface area contributed by atoms with Gasteiger partial charge in [0.1, 0.15) is 0 Å². The van der Waals surface area contributed by atoms with Gasteiger partial charge in [-0.05, 0) is 25.0 Å². The molecule has 0 saturated heterocycles. The summed E-state index contributed by atoms with van der Waals surface area (Å²) in [6.45, 7) is 3.58. The molecule has 0 fully saturated rings. The van der Waals surface area contributed by atoms with Crippen molar-refractivity contribution >= 4 is 9.84 Å². The molecular weight excluding hydrogens is 210 g/mol. The predicted molar refractivity (Wildman–Crippen MR) is 62.4 cm³/mol. The van der Waals surface area contributed by atoms with Crippen molar-refractivity contribution in [3.63, 3.8) is 0 Å². The molecule has 0 spiro atoms. The Bertz CT molecular complexity index is 440. The molecule has 0 radical (unpaired) electrons. The van der Waals surface area contributed by atoms with Crippen LogP contribution in [-0.2, 0) is 9.84 Å². The van der Waals surface area contributed by atoms with E-state index in [2.05, 4.69) is 0 Å². The van der Waals surface area contributed by atoms with E-state index < -0.39 is 21.1 Å². The Kier molecular flexibility index (Phi) is 3.52. The molecule has 0 aromatic heterocycles. The first-order valence-corrected chi connectivity index (χ1v) is 6.79. The average Bonchev–Trinajstić information content (AvgIpc) is 2.15. The van der Waals surface area contributed by atoms with E-state index in [1.165, 1.54) is 6.26 Å². The highest BCUT2D eigenvalue weighted by atomic mass is 32.2. The van der Waals surface area contributed by atoms with Crippen LogP contribution >= 0.6 is 0 Å². The molecule has 1 aromatic carbocycles. The zero-order valence-electron chi connectivity index (χ0n) is 9.27. The molecule has 0 amide bonds. The molecule has 2 N–H and O–H groups in total. The molecule has 15 heavy (non-hydrogen) atoms. The lowest BCUT2D eigenvalue weighted by Gasteiger charge is -2.20. The van der Waals surface area contributed by atoms with Gasteiger partial charge in [-0.1, -0.05) is 24.3 Å². The van der Waals surface area contributed by atoms with E-state index in [1.807, 2.05) is 31.2 Å². The van der Waals surface area contributed by atoms with Gasteiger partial charge in [0.15, 0.2) is 9.84 Å². The fourth-order valence-corrected chi connectivity index (χ4v) is 2.16. The van der Waals surface area contributed by atoms with E-state index in [9.17, 15) is 8.42 Å². The average molecular weight is 227 g/mol. The summed E-state index contributed by atoms with van der Waals surface area (Å²) in [5, 5.41) is -0.557. The van der Waals surface area contributed by atoms with E-state index in [0.29, 0.717) is 0 Å². The molecule has 2 atom stereocenters. The number of nitrogens with two attached hydrogens (primary N) is 1. The molecule has 1 rings (SSSR count). The lowest BCUT2D eigenvalue weighted by molar-refractivity contribution is 0.570. The van der Waals surface area contributed by atoms with E-state index in [0.717, 1.165) is 11.1 Å². The molecule has 0 aliphatic carbocycles. The van der Waals surface area contributed by atoms with E-state index in [-0.39, 0.29) is 0 Å². The highest BCUT2D eigenvalue weighted by Gasteiger charge is 2.24. The van der Waals surface area contributed by atoms with Crippen LogP contribution in [0.3, 0.4) is 0 Å². The van der Waals surface area contributed by atoms with Crippen molar-refractivity contribution in [2.45, 2.75) is 25.1 Å². The Morgan fingerprint density at radius 1 is 1.27 bits per heavy atom. The Hall–Kier alpha value is -0.870. The minimum Gasteiger partial charge on any atom is -0.323 e. The number of hydrogen-bond donors (Lipinski definition) is 1. The first-order valence-electron chi connectivity index (χ1n) is 4.84. The standard InChI is InChI=1S/C11H17NO2S/c1-8-6-4-5-7-10(8)11(12)9(2)15(3,13)14/h4-7,9,11H,12H2,1-3H3/t9-,11+/m0/s1. The second kappa shape index (κ2) is 4.33. The van der Waals surface area contributed by atoms with Crippen LogP contribution in [0.4, 0.5) is 0 Å². The molecule has 1 aromatic rings. The van der Waals surface area contributed by atoms with Crippen LogP contribution in [0.25, 0.3) is 0 Å². The quantitative estimate of drug-likeness (QED) is 0.849. The summed E-state index contributed by atoms with van der Waals surface area (Å²) < 4.78 is 22.8. The highest BCUT2D eigenvalue weighted by Crippen LogP contribution is 2.21. The zero-order valence-corrected chi connectivity index (χ0v) is 10.1. The molecule has 0 saturated carbocycles. The van der Waals surface area contributed by atoms with Crippen LogP contribution in [0.2, 0.25) is 0 Å². The van der Waals surface area contributed by atoms with Gasteiger partial charge in [0.2, 0.25) is 0 Å². The molecule has 0 aliphatic rings. The fraction of sp³-hybridized carbons (Fsp3) is 0.455. The molecule has 0 unspecified atom stereocenters. The van der Waals surface area contributed by atoms with Crippen LogP contribution in [-0.4, -0.2) is 19.9 Å². The summed E-state index contributed by atoms with van der Waals surface area (Å²) in [6, 6.07) is 7.14. The van der Waals surface area contributed by atoms with E-state index in [1.54, 1.807) is 6.92 Å². The molecule has 4 heteroatoms. The van der Waals surface area contributed by atoms with Crippen molar-refractivity contribution in [2.24, 2.45) is 5.73 Å². The lowest BCUT2D eigenvalue weighted by Crippen LogP contribution is -2.30. The molecule has 84 valence electrons. The second-order valence-corrected chi connectivity index (χ2v) is 6.32. The number of sulfone groups is 1. The fourth-order valence-electron chi connectivity index (χ4n) is 1.48. The molecule has 0 heterocycles. The summed E-state index contributed by atoms with van der Waals surface area (Å²) in [6.07, 6.45) is 1.22. The highest BCUT2D eigenvalue weighted by molar-refractivity contribution is 7.91. The van der Waals surface area contributed by atoms with Crippen LogP contribution in [0.5, 0.6) is 0 Å². The van der Waals surface area contributed by atoms with Gasteiger partial charge < -0.3 is 5.73 Å². The van der Waals surface area contributed by atoms with Crippen molar-refractivity contribution in [1.29, 1.82) is 0 Å². The van der Waals surface area contributed by atoms with Crippen molar-refractivity contribution in [3.05, 3.63) is 35.4 Å². The summed E-state index contributed by atoms with van der Waals surface area (Å²) >= 11 is 0. The largest absolute Gasteiger partial charge is 0.323 e. The van der Waals surface area contributed by atoms with Gasteiger partial charge >= 0.3 is 0 Å². The maximum absolute atomic E-state index is 11.4. The molecular formula is C11H17NO2S. The molecule has 3 nitrogen and oxygen atoms in total. The third-order valence-electron chi connectivity index (χ3n) is 2.73. The first kappa shape index (κ1) is 12.2. The van der Waals surface area contributed by atoms with Gasteiger partial charge in [0.05, 0.1) is 5.25 Å². The summed E-state index contributed by atoms with van der Waals surface area (Å²) in [5.74, 6) is 0. The Balaban J connectivity index is 3.06. The smallest absolute Gasteiger partial charge is 0.151 e. The van der Waals surface area contributed by atoms with Crippen molar-refractivity contribution in [3.8, 4) is 0 Å². The maximum atomic E-state index is 11.4. The maximum Gasteiger partial charge on any atom is 0.151 e. The van der Waals surface area contributed by atoms with Gasteiger partial charge in [-0.2, -0.15) is 0 Å². The number of benzene rings is 1.